The van der Waals surface area contributed by atoms with Crippen molar-refractivity contribution in [3.8, 4) is 0 Å². The molecule has 0 aromatic carbocycles. The van der Waals surface area contributed by atoms with E-state index in [1.165, 1.54) is 0 Å². The van der Waals surface area contributed by atoms with Crippen molar-refractivity contribution in [3.05, 3.63) is 12.2 Å². The summed E-state index contributed by atoms with van der Waals surface area (Å²) in [6.45, 7) is 0. The van der Waals surface area contributed by atoms with Crippen LogP contribution < -0.4 is 55.6 Å². The molecule has 0 fully saturated rings. The van der Waals surface area contributed by atoms with Crippen LogP contribution in [0.25, 0.3) is 0 Å². The van der Waals surface area contributed by atoms with Crippen LogP contribution in [-0.2, 0) is 23.6 Å². The Morgan fingerprint density at radius 3 is 1.75 bits per heavy atom. The Balaban J connectivity index is 3.27. The van der Waals surface area contributed by atoms with Crippen LogP contribution in [-0.4, -0.2) is 10.6 Å². The van der Waals surface area contributed by atoms with Crippen molar-refractivity contribution in [3.63, 3.8) is 0 Å². The summed E-state index contributed by atoms with van der Waals surface area (Å²) in [4.78, 5) is 0. The maximum absolute atomic E-state index is 6.40. The van der Waals surface area contributed by atoms with Crippen molar-refractivity contribution in [1.82, 2.24) is 20.8 Å². The smallest absolute Gasteiger partial charge is 0.121 e. The summed E-state index contributed by atoms with van der Waals surface area (Å²) in [6, 6.07) is 0. The molecule has 0 aromatic rings. The van der Waals surface area contributed by atoms with Crippen LogP contribution in [0.5, 0.6) is 0 Å². The van der Waals surface area contributed by atoms with E-state index in [2.05, 4.69) is 20.8 Å². The third-order valence-electron chi connectivity index (χ3n) is 3.41. The molecule has 10 nitrogen and oxygen atoms in total. The minimum atomic E-state index is -2.70. The van der Waals surface area contributed by atoms with Crippen molar-refractivity contribution in [2.45, 2.75) is 23.4 Å². The Kier molecular flexibility index (Phi) is 5.99. The maximum atomic E-state index is 6.40. The van der Waals surface area contributed by atoms with Gasteiger partial charge in [-0.15, -0.1) is 0 Å². The van der Waals surface area contributed by atoms with E-state index in [0.717, 1.165) is 0 Å². The zero-order chi connectivity index (χ0) is 15.7. The molecule has 118 valence electrons. The fourth-order valence-corrected chi connectivity index (χ4v) is 5.85. The predicted octanol–water partition coefficient (Wildman–Crippen LogP) is -2.88. The maximum Gasteiger partial charge on any atom is 0.121 e. The Bertz CT molecular complexity index is 468. The SMILES string of the molecule is NNP(=S)(NN)C1(N)C=CCC(N)(P(=S)(NN)NN)C1. The van der Waals surface area contributed by atoms with E-state index in [-0.39, 0.29) is 6.42 Å². The van der Waals surface area contributed by atoms with Gasteiger partial charge in [0.25, 0.3) is 0 Å². The number of nitrogens with two attached hydrogens (primary N) is 6. The molecule has 0 saturated carbocycles. The highest BCUT2D eigenvalue weighted by atomic mass is 32.4. The monoisotopic (exact) mass is 360 g/mol. The summed E-state index contributed by atoms with van der Waals surface area (Å²) in [5.74, 6) is 22.0. The lowest BCUT2D eigenvalue weighted by Gasteiger charge is -2.49. The molecule has 0 radical (unpaired) electrons. The van der Waals surface area contributed by atoms with E-state index in [0.29, 0.717) is 6.42 Å². The van der Waals surface area contributed by atoms with Gasteiger partial charge in [0, 0.05) is 6.42 Å². The summed E-state index contributed by atoms with van der Waals surface area (Å²) in [7, 11) is 0. The van der Waals surface area contributed by atoms with Crippen LogP contribution in [0, 0.1) is 0 Å². The normalized spacial score (nSPS) is 31.5. The molecule has 14 heteroatoms. The van der Waals surface area contributed by atoms with E-state index in [1.807, 2.05) is 0 Å². The van der Waals surface area contributed by atoms with Crippen LogP contribution in [0.1, 0.15) is 12.8 Å². The Morgan fingerprint density at radius 1 is 0.900 bits per heavy atom. The van der Waals surface area contributed by atoms with Crippen LogP contribution in [0.3, 0.4) is 0 Å². The first-order chi connectivity index (χ1) is 9.16. The summed E-state index contributed by atoms with van der Waals surface area (Å²) < 4.78 is 0. The van der Waals surface area contributed by atoms with Gasteiger partial charge in [0.05, 0.1) is 10.6 Å². The second-order valence-electron chi connectivity index (χ2n) is 4.61. The van der Waals surface area contributed by atoms with Gasteiger partial charge in [-0.05, 0) is 6.42 Å². The van der Waals surface area contributed by atoms with Crippen LogP contribution >= 0.6 is 12.7 Å². The lowest BCUT2D eigenvalue weighted by molar-refractivity contribution is 0.458. The van der Waals surface area contributed by atoms with Crippen LogP contribution in [0.15, 0.2) is 12.2 Å². The van der Waals surface area contributed by atoms with Gasteiger partial charge < -0.3 is 11.5 Å². The zero-order valence-electron chi connectivity index (χ0n) is 10.7. The largest absolute Gasteiger partial charge is 0.318 e. The molecule has 1 rings (SSSR count). The van der Waals surface area contributed by atoms with Gasteiger partial charge in [0.1, 0.15) is 12.7 Å². The fourth-order valence-electron chi connectivity index (χ4n) is 2.12. The van der Waals surface area contributed by atoms with Crippen molar-refractivity contribution in [2.24, 2.45) is 34.8 Å². The number of hydrogen-bond donors (Lipinski definition) is 10. The molecule has 2 unspecified atom stereocenters. The standard InChI is InChI=1S/C6H22N10P2S2/c7-5(17(19,13-9)14-10)2-1-3-6(8,4-5)18(20,15-11)16-12/h1-2H,3-4,7-12H2,(H2,13,14,19)(H2,15,16,20). The van der Waals surface area contributed by atoms with Gasteiger partial charge in [-0.25, -0.2) is 20.8 Å². The Labute approximate surface area is 127 Å². The fraction of sp³-hybridized carbons (Fsp3) is 0.667. The molecule has 0 spiro atoms. The number of hydrazine groups is 4. The van der Waals surface area contributed by atoms with Gasteiger partial charge in [-0.1, -0.05) is 35.8 Å². The quantitative estimate of drug-likeness (QED) is 0.100. The third kappa shape index (κ3) is 2.91. The first-order valence-corrected chi connectivity index (χ1v) is 11.1. The summed E-state index contributed by atoms with van der Waals surface area (Å²) in [5, 5.41) is 8.00. The molecule has 16 N–H and O–H groups in total. The number of hydrogen-bond acceptors (Lipinski definition) is 8. The van der Waals surface area contributed by atoms with E-state index in [9.17, 15) is 0 Å². The van der Waals surface area contributed by atoms with Gasteiger partial charge in [-0.3, -0.25) is 23.4 Å². The highest BCUT2D eigenvalue weighted by Crippen LogP contribution is 2.60. The molecular weight excluding hydrogens is 338 g/mol. The van der Waals surface area contributed by atoms with E-state index < -0.39 is 23.2 Å². The van der Waals surface area contributed by atoms with Gasteiger partial charge in [-0.2, -0.15) is 0 Å². The average Bonchev–Trinajstić information content (AvgIpc) is 2.44. The first-order valence-electron chi connectivity index (χ1n) is 5.53. The van der Waals surface area contributed by atoms with Crippen molar-refractivity contribution < 1.29 is 0 Å². The van der Waals surface area contributed by atoms with E-state index in [1.54, 1.807) is 12.2 Å². The molecule has 0 aliphatic heterocycles. The van der Waals surface area contributed by atoms with Gasteiger partial charge >= 0.3 is 0 Å². The van der Waals surface area contributed by atoms with Gasteiger partial charge in [0.15, 0.2) is 0 Å². The van der Waals surface area contributed by atoms with E-state index in [4.69, 9.17) is 58.5 Å². The number of rotatable bonds is 6. The average molecular weight is 360 g/mol. The highest BCUT2D eigenvalue weighted by molar-refractivity contribution is 8.14. The van der Waals surface area contributed by atoms with Crippen molar-refractivity contribution in [1.29, 1.82) is 0 Å². The van der Waals surface area contributed by atoms with E-state index >= 15 is 0 Å². The second kappa shape index (κ2) is 6.41. The number of nitrogens with one attached hydrogen (secondary N) is 4. The molecular formula is C6H22N10P2S2. The first kappa shape index (κ1) is 18.7. The summed E-state index contributed by atoms with van der Waals surface area (Å²) in [5.41, 5.74) is 12.8. The summed E-state index contributed by atoms with van der Waals surface area (Å²) >= 11 is 10.9. The third-order valence-corrected chi connectivity index (χ3v) is 11.3. The van der Waals surface area contributed by atoms with Gasteiger partial charge in [0.2, 0.25) is 0 Å². The lowest BCUT2D eigenvalue weighted by atomic mass is 9.97. The molecule has 0 aromatic heterocycles. The molecule has 2 atom stereocenters. The molecule has 1 aliphatic carbocycles. The molecule has 1 aliphatic rings. The minimum Gasteiger partial charge on any atom is -0.318 e. The highest BCUT2D eigenvalue weighted by Gasteiger charge is 2.51. The predicted molar refractivity (Wildman–Crippen MR) is 90.1 cm³/mol. The molecule has 20 heavy (non-hydrogen) atoms. The summed E-state index contributed by atoms with van der Waals surface area (Å²) in [6.07, 6.45) is -1.18. The van der Waals surface area contributed by atoms with Crippen LogP contribution in [0.2, 0.25) is 0 Å². The van der Waals surface area contributed by atoms with Crippen molar-refractivity contribution >= 4 is 36.3 Å². The topological polar surface area (TPSA) is 204 Å². The molecule has 0 amide bonds. The lowest BCUT2D eigenvalue weighted by Crippen LogP contribution is -2.60. The molecule has 0 bridgehead atoms. The second-order valence-corrected chi connectivity index (χ2v) is 13.1. The van der Waals surface area contributed by atoms with Crippen molar-refractivity contribution in [2.75, 3.05) is 0 Å². The Morgan fingerprint density at radius 2 is 1.35 bits per heavy atom. The zero-order valence-corrected chi connectivity index (χ0v) is 14.2. The molecule has 0 saturated heterocycles. The Hall–Kier alpha value is 0.640. The minimum absolute atomic E-state index is 0.216. The van der Waals surface area contributed by atoms with Crippen LogP contribution in [0.4, 0.5) is 0 Å². The molecule has 0 heterocycles.